The molecule has 0 aromatic heterocycles. The summed E-state index contributed by atoms with van der Waals surface area (Å²) in [5.41, 5.74) is 0. The summed E-state index contributed by atoms with van der Waals surface area (Å²) >= 11 is 0. The standard InChI is InChI=1S/C10H18O2/c1-7(2)10(12)8-3-5-9(11)6-4-8/h7-9,11H,3-6H2,1-2H3. The summed E-state index contributed by atoms with van der Waals surface area (Å²) < 4.78 is 0. The van der Waals surface area contributed by atoms with Crippen LogP contribution in [0.4, 0.5) is 0 Å². The predicted octanol–water partition coefficient (Wildman–Crippen LogP) is 1.76. The minimum atomic E-state index is -0.152. The van der Waals surface area contributed by atoms with Crippen LogP contribution in [0.25, 0.3) is 0 Å². The summed E-state index contributed by atoms with van der Waals surface area (Å²) in [6.45, 7) is 3.90. The van der Waals surface area contributed by atoms with Crippen LogP contribution in [0.15, 0.2) is 0 Å². The molecule has 0 aliphatic heterocycles. The van der Waals surface area contributed by atoms with Crippen molar-refractivity contribution in [3.63, 3.8) is 0 Å². The summed E-state index contributed by atoms with van der Waals surface area (Å²) in [4.78, 5) is 11.5. The molecule has 2 heteroatoms. The Morgan fingerprint density at radius 1 is 1.25 bits per heavy atom. The Kier molecular flexibility index (Phi) is 3.27. The Morgan fingerprint density at radius 3 is 2.17 bits per heavy atom. The Morgan fingerprint density at radius 2 is 1.75 bits per heavy atom. The van der Waals surface area contributed by atoms with E-state index in [0.717, 1.165) is 25.7 Å². The van der Waals surface area contributed by atoms with Crippen molar-refractivity contribution < 1.29 is 9.90 Å². The molecule has 1 N–H and O–H groups in total. The van der Waals surface area contributed by atoms with Gasteiger partial charge in [-0.15, -0.1) is 0 Å². The van der Waals surface area contributed by atoms with E-state index in [2.05, 4.69) is 0 Å². The number of Topliss-reactive ketones (excluding diaryl/α,β-unsaturated/α-hetero) is 1. The van der Waals surface area contributed by atoms with Crippen LogP contribution in [0.1, 0.15) is 39.5 Å². The topological polar surface area (TPSA) is 37.3 Å². The molecular formula is C10H18O2. The van der Waals surface area contributed by atoms with Crippen molar-refractivity contribution in [3.8, 4) is 0 Å². The van der Waals surface area contributed by atoms with Crippen LogP contribution in [0.2, 0.25) is 0 Å². The van der Waals surface area contributed by atoms with E-state index in [0.29, 0.717) is 5.78 Å². The molecule has 0 amide bonds. The molecule has 0 radical (unpaired) electrons. The van der Waals surface area contributed by atoms with Gasteiger partial charge in [0.05, 0.1) is 6.10 Å². The lowest BCUT2D eigenvalue weighted by molar-refractivity contribution is -0.127. The summed E-state index contributed by atoms with van der Waals surface area (Å²) in [5.74, 6) is 0.764. The smallest absolute Gasteiger partial charge is 0.138 e. The SMILES string of the molecule is CC(C)C(=O)C1CCC(O)CC1. The molecule has 0 saturated heterocycles. The van der Waals surface area contributed by atoms with E-state index in [4.69, 9.17) is 0 Å². The van der Waals surface area contributed by atoms with E-state index >= 15 is 0 Å². The third kappa shape index (κ3) is 2.31. The highest BCUT2D eigenvalue weighted by atomic mass is 16.3. The van der Waals surface area contributed by atoms with Gasteiger partial charge in [-0.25, -0.2) is 0 Å². The molecule has 2 nitrogen and oxygen atoms in total. The van der Waals surface area contributed by atoms with E-state index in [9.17, 15) is 9.90 Å². The Hall–Kier alpha value is -0.370. The minimum Gasteiger partial charge on any atom is -0.393 e. The molecule has 0 unspecified atom stereocenters. The highest BCUT2D eigenvalue weighted by Crippen LogP contribution is 2.26. The largest absolute Gasteiger partial charge is 0.393 e. The van der Waals surface area contributed by atoms with Gasteiger partial charge in [0.1, 0.15) is 5.78 Å². The summed E-state index contributed by atoms with van der Waals surface area (Å²) in [6.07, 6.45) is 3.24. The van der Waals surface area contributed by atoms with Crippen molar-refractivity contribution >= 4 is 5.78 Å². The number of carbonyl (C=O) groups excluding carboxylic acids is 1. The van der Waals surface area contributed by atoms with Crippen LogP contribution in [0.3, 0.4) is 0 Å². The van der Waals surface area contributed by atoms with Gasteiger partial charge < -0.3 is 5.11 Å². The van der Waals surface area contributed by atoms with Gasteiger partial charge in [0.15, 0.2) is 0 Å². The summed E-state index contributed by atoms with van der Waals surface area (Å²) in [7, 11) is 0. The fourth-order valence-corrected chi connectivity index (χ4v) is 1.83. The molecule has 1 saturated carbocycles. The first kappa shape index (κ1) is 9.72. The zero-order valence-corrected chi connectivity index (χ0v) is 7.92. The molecule has 0 aromatic rings. The second-order valence-corrected chi connectivity index (χ2v) is 4.06. The molecule has 0 heterocycles. The van der Waals surface area contributed by atoms with Crippen LogP contribution in [-0.4, -0.2) is 17.0 Å². The highest BCUT2D eigenvalue weighted by molar-refractivity contribution is 5.82. The first-order chi connectivity index (χ1) is 5.61. The van der Waals surface area contributed by atoms with Crippen molar-refractivity contribution in [2.45, 2.75) is 45.6 Å². The normalized spacial score (nSPS) is 30.7. The lowest BCUT2D eigenvalue weighted by Gasteiger charge is -2.25. The molecule has 0 spiro atoms. The number of hydrogen-bond donors (Lipinski definition) is 1. The van der Waals surface area contributed by atoms with Gasteiger partial charge in [0.2, 0.25) is 0 Å². The maximum atomic E-state index is 11.5. The Labute approximate surface area is 74.0 Å². The molecule has 0 bridgehead atoms. The molecular weight excluding hydrogens is 152 g/mol. The maximum Gasteiger partial charge on any atom is 0.138 e. The molecule has 1 fully saturated rings. The molecule has 1 aliphatic rings. The van der Waals surface area contributed by atoms with Crippen LogP contribution in [0, 0.1) is 11.8 Å². The van der Waals surface area contributed by atoms with Crippen molar-refractivity contribution in [3.05, 3.63) is 0 Å². The first-order valence-corrected chi connectivity index (χ1v) is 4.83. The third-order valence-corrected chi connectivity index (χ3v) is 2.67. The molecule has 12 heavy (non-hydrogen) atoms. The number of aliphatic hydroxyl groups is 1. The molecule has 0 atom stereocenters. The Balaban J connectivity index is 2.39. The lowest BCUT2D eigenvalue weighted by atomic mass is 9.81. The number of ketones is 1. The van der Waals surface area contributed by atoms with E-state index in [1.165, 1.54) is 0 Å². The average molecular weight is 170 g/mol. The number of carbonyl (C=O) groups is 1. The van der Waals surface area contributed by atoms with E-state index < -0.39 is 0 Å². The van der Waals surface area contributed by atoms with Gasteiger partial charge in [0.25, 0.3) is 0 Å². The zero-order valence-electron chi connectivity index (χ0n) is 7.92. The van der Waals surface area contributed by atoms with Gasteiger partial charge in [0, 0.05) is 11.8 Å². The third-order valence-electron chi connectivity index (χ3n) is 2.67. The fraction of sp³-hybridized carbons (Fsp3) is 0.900. The van der Waals surface area contributed by atoms with Gasteiger partial charge >= 0.3 is 0 Å². The summed E-state index contributed by atoms with van der Waals surface area (Å²) in [5, 5.41) is 9.24. The molecule has 70 valence electrons. The van der Waals surface area contributed by atoms with E-state index in [1.54, 1.807) is 0 Å². The Bertz CT molecular complexity index is 155. The van der Waals surface area contributed by atoms with Gasteiger partial charge in [-0.3, -0.25) is 4.79 Å². The van der Waals surface area contributed by atoms with Crippen LogP contribution < -0.4 is 0 Å². The predicted molar refractivity (Wildman–Crippen MR) is 47.8 cm³/mol. The first-order valence-electron chi connectivity index (χ1n) is 4.83. The lowest BCUT2D eigenvalue weighted by Crippen LogP contribution is -2.26. The van der Waals surface area contributed by atoms with Crippen molar-refractivity contribution in [1.82, 2.24) is 0 Å². The average Bonchev–Trinajstić information content (AvgIpc) is 2.04. The van der Waals surface area contributed by atoms with Gasteiger partial charge in [-0.2, -0.15) is 0 Å². The molecule has 1 aliphatic carbocycles. The van der Waals surface area contributed by atoms with Crippen LogP contribution in [-0.2, 0) is 4.79 Å². The minimum absolute atomic E-state index is 0.152. The maximum absolute atomic E-state index is 11.5. The van der Waals surface area contributed by atoms with Crippen LogP contribution >= 0.6 is 0 Å². The quantitative estimate of drug-likeness (QED) is 0.685. The van der Waals surface area contributed by atoms with Crippen molar-refractivity contribution in [1.29, 1.82) is 0 Å². The zero-order chi connectivity index (χ0) is 9.14. The molecule has 1 rings (SSSR count). The second-order valence-electron chi connectivity index (χ2n) is 4.06. The van der Waals surface area contributed by atoms with Gasteiger partial charge in [-0.05, 0) is 25.7 Å². The molecule has 0 aromatic carbocycles. The number of rotatable bonds is 2. The van der Waals surface area contributed by atoms with Crippen molar-refractivity contribution in [2.24, 2.45) is 11.8 Å². The number of hydrogen-bond acceptors (Lipinski definition) is 2. The van der Waals surface area contributed by atoms with E-state index in [-0.39, 0.29) is 17.9 Å². The highest BCUT2D eigenvalue weighted by Gasteiger charge is 2.26. The summed E-state index contributed by atoms with van der Waals surface area (Å²) in [6, 6.07) is 0. The van der Waals surface area contributed by atoms with Crippen LogP contribution in [0.5, 0.6) is 0 Å². The fourth-order valence-electron chi connectivity index (χ4n) is 1.83. The second kappa shape index (κ2) is 4.04. The number of aliphatic hydroxyl groups excluding tert-OH is 1. The van der Waals surface area contributed by atoms with Gasteiger partial charge in [-0.1, -0.05) is 13.8 Å². The van der Waals surface area contributed by atoms with Crippen molar-refractivity contribution in [2.75, 3.05) is 0 Å². The monoisotopic (exact) mass is 170 g/mol. The van der Waals surface area contributed by atoms with E-state index in [1.807, 2.05) is 13.8 Å².